The average Bonchev–Trinajstić information content (AvgIpc) is 2.96. The van der Waals surface area contributed by atoms with E-state index in [2.05, 4.69) is 54.9 Å². The Morgan fingerprint density at radius 2 is 1.78 bits per heavy atom. The van der Waals surface area contributed by atoms with Crippen LogP contribution in [0.15, 0.2) is 30.3 Å². The zero-order valence-electron chi connectivity index (χ0n) is 17.2. The summed E-state index contributed by atoms with van der Waals surface area (Å²) in [5.41, 5.74) is 5.24. The van der Waals surface area contributed by atoms with Crippen molar-refractivity contribution in [2.24, 2.45) is 0 Å². The molecule has 0 radical (unpaired) electrons. The summed E-state index contributed by atoms with van der Waals surface area (Å²) in [6.45, 7) is 5.23. The van der Waals surface area contributed by atoms with Crippen molar-refractivity contribution in [1.29, 1.82) is 0 Å². The van der Waals surface area contributed by atoms with Crippen molar-refractivity contribution in [3.63, 3.8) is 0 Å². The van der Waals surface area contributed by atoms with Gasteiger partial charge >= 0.3 is 0 Å². The minimum absolute atomic E-state index is 0.00815. The molecule has 4 heteroatoms. The monoisotopic (exact) mass is 367 g/mol. The second kappa shape index (κ2) is 8.75. The van der Waals surface area contributed by atoms with E-state index in [1.54, 1.807) is 0 Å². The zero-order valence-corrected chi connectivity index (χ0v) is 17.2. The highest BCUT2D eigenvalue weighted by molar-refractivity contribution is 6.05. The third kappa shape index (κ3) is 4.81. The summed E-state index contributed by atoms with van der Waals surface area (Å²) in [5, 5.41) is 3.07. The molecule has 1 amide bonds. The molecular formula is C23H33N3O. The van der Waals surface area contributed by atoms with Gasteiger partial charge < -0.3 is 14.8 Å². The fourth-order valence-electron chi connectivity index (χ4n) is 4.21. The Morgan fingerprint density at radius 1 is 1.11 bits per heavy atom. The van der Waals surface area contributed by atoms with Crippen LogP contribution < -0.4 is 5.32 Å². The van der Waals surface area contributed by atoms with Crippen molar-refractivity contribution in [3.8, 4) is 0 Å². The van der Waals surface area contributed by atoms with Gasteiger partial charge in [0.15, 0.2) is 0 Å². The van der Waals surface area contributed by atoms with Crippen LogP contribution in [0.2, 0.25) is 0 Å². The van der Waals surface area contributed by atoms with Crippen molar-refractivity contribution < 1.29 is 4.79 Å². The van der Waals surface area contributed by atoms with E-state index in [1.165, 1.54) is 43.4 Å². The highest BCUT2D eigenvalue weighted by Crippen LogP contribution is 2.32. The fourth-order valence-corrected chi connectivity index (χ4v) is 4.21. The third-order valence-electron chi connectivity index (χ3n) is 5.73. The average molecular weight is 368 g/mol. The number of carbonyl (C=O) groups excluding carboxylic acids is 1. The number of carbonyl (C=O) groups is 1. The van der Waals surface area contributed by atoms with E-state index >= 15 is 0 Å². The number of likely N-dealkylation sites (N-methyl/N-ethyl adjacent to an activating group) is 1. The van der Waals surface area contributed by atoms with E-state index in [1.807, 2.05) is 18.2 Å². The molecule has 0 bridgehead atoms. The Hall–Kier alpha value is -2.07. The summed E-state index contributed by atoms with van der Waals surface area (Å²) in [5.74, 6) is -0.00815. The molecule has 1 heterocycles. The van der Waals surface area contributed by atoms with Crippen molar-refractivity contribution in [3.05, 3.63) is 52.8 Å². The Morgan fingerprint density at radius 3 is 2.41 bits per heavy atom. The molecule has 1 fully saturated rings. The molecule has 0 aliphatic heterocycles. The number of nitrogens with zero attached hydrogens (tertiary/aromatic N) is 2. The van der Waals surface area contributed by atoms with Gasteiger partial charge in [0.2, 0.25) is 0 Å². The molecule has 2 aromatic rings. The van der Waals surface area contributed by atoms with Crippen LogP contribution in [0.5, 0.6) is 0 Å². The van der Waals surface area contributed by atoms with Gasteiger partial charge in [-0.05, 0) is 71.0 Å². The predicted octanol–water partition coefficient (Wildman–Crippen LogP) is 4.97. The third-order valence-corrected chi connectivity index (χ3v) is 5.73. The molecule has 3 rings (SSSR count). The number of rotatable bonds is 6. The lowest BCUT2D eigenvalue weighted by atomic mass is 9.95. The molecule has 146 valence electrons. The van der Waals surface area contributed by atoms with Crippen molar-refractivity contribution in [2.45, 2.75) is 58.4 Å². The molecule has 1 aromatic carbocycles. The molecule has 0 saturated heterocycles. The van der Waals surface area contributed by atoms with Crippen molar-refractivity contribution in [2.75, 3.05) is 26.0 Å². The Balaban J connectivity index is 1.69. The maximum atomic E-state index is 12.9. The summed E-state index contributed by atoms with van der Waals surface area (Å²) < 4.78 is 2.39. The second-order valence-corrected chi connectivity index (χ2v) is 8.15. The SMILES string of the molecule is Cc1cc(C(=O)Nc2ccc(CCN(C)C)cc2)c(C)n1C1CCCCC1. The van der Waals surface area contributed by atoms with Crippen molar-refractivity contribution in [1.82, 2.24) is 9.47 Å². The Kier molecular flexibility index (Phi) is 6.38. The van der Waals surface area contributed by atoms with Crippen LogP contribution in [0.25, 0.3) is 0 Å². The molecule has 27 heavy (non-hydrogen) atoms. The van der Waals surface area contributed by atoms with Gasteiger partial charge in [-0.1, -0.05) is 31.4 Å². The number of benzene rings is 1. The molecular weight excluding hydrogens is 334 g/mol. The quantitative estimate of drug-likeness (QED) is 0.783. The lowest BCUT2D eigenvalue weighted by molar-refractivity contribution is 0.102. The van der Waals surface area contributed by atoms with E-state index in [9.17, 15) is 4.79 Å². The number of anilines is 1. The van der Waals surface area contributed by atoms with Gasteiger partial charge in [0.05, 0.1) is 5.56 Å². The van der Waals surface area contributed by atoms with Crippen LogP contribution >= 0.6 is 0 Å². The molecule has 1 aromatic heterocycles. The van der Waals surface area contributed by atoms with Gasteiger partial charge in [0.1, 0.15) is 0 Å². The van der Waals surface area contributed by atoms with Crippen molar-refractivity contribution >= 4 is 11.6 Å². The highest BCUT2D eigenvalue weighted by Gasteiger charge is 2.22. The number of hydrogen-bond donors (Lipinski definition) is 1. The van der Waals surface area contributed by atoms with E-state index < -0.39 is 0 Å². The Labute approximate surface area is 163 Å². The summed E-state index contributed by atoms with van der Waals surface area (Å²) in [4.78, 5) is 15.0. The number of aromatic nitrogens is 1. The minimum Gasteiger partial charge on any atom is -0.345 e. The van der Waals surface area contributed by atoms with Crippen LogP contribution in [0.4, 0.5) is 5.69 Å². The summed E-state index contributed by atoms with van der Waals surface area (Å²) in [6, 6.07) is 10.8. The molecule has 0 spiro atoms. The molecule has 0 atom stereocenters. The van der Waals surface area contributed by atoms with E-state index in [-0.39, 0.29) is 5.91 Å². The maximum absolute atomic E-state index is 12.9. The first-order chi connectivity index (χ1) is 13.0. The number of nitrogens with one attached hydrogen (secondary N) is 1. The maximum Gasteiger partial charge on any atom is 0.257 e. The van der Waals surface area contributed by atoms with Crippen LogP contribution in [0.1, 0.15) is 65.5 Å². The number of aryl methyl sites for hydroxylation is 1. The van der Waals surface area contributed by atoms with Gasteiger partial charge in [0.25, 0.3) is 5.91 Å². The van der Waals surface area contributed by atoms with Crippen LogP contribution in [-0.4, -0.2) is 36.0 Å². The molecule has 4 nitrogen and oxygen atoms in total. The van der Waals surface area contributed by atoms with E-state index in [0.29, 0.717) is 6.04 Å². The normalized spacial score (nSPS) is 15.3. The Bertz CT molecular complexity index is 768. The summed E-state index contributed by atoms with van der Waals surface area (Å²) in [6.07, 6.45) is 7.40. The molecule has 1 saturated carbocycles. The highest BCUT2D eigenvalue weighted by atomic mass is 16.1. The van der Waals surface area contributed by atoms with Gasteiger partial charge in [0, 0.05) is 29.7 Å². The van der Waals surface area contributed by atoms with Gasteiger partial charge in [-0.25, -0.2) is 0 Å². The smallest absolute Gasteiger partial charge is 0.257 e. The predicted molar refractivity (Wildman–Crippen MR) is 113 cm³/mol. The molecule has 0 unspecified atom stereocenters. The topological polar surface area (TPSA) is 37.3 Å². The fraction of sp³-hybridized carbons (Fsp3) is 0.522. The van der Waals surface area contributed by atoms with Crippen LogP contribution in [0.3, 0.4) is 0 Å². The number of amides is 1. The first-order valence-corrected chi connectivity index (χ1v) is 10.2. The summed E-state index contributed by atoms with van der Waals surface area (Å²) in [7, 11) is 4.16. The lowest BCUT2D eigenvalue weighted by Gasteiger charge is -2.26. The minimum atomic E-state index is -0.00815. The molecule has 1 N–H and O–H groups in total. The van der Waals surface area contributed by atoms with Gasteiger partial charge in [-0.3, -0.25) is 4.79 Å². The van der Waals surface area contributed by atoms with Gasteiger partial charge in [-0.15, -0.1) is 0 Å². The molecule has 1 aliphatic carbocycles. The van der Waals surface area contributed by atoms with E-state index in [0.717, 1.165) is 29.9 Å². The summed E-state index contributed by atoms with van der Waals surface area (Å²) >= 11 is 0. The largest absolute Gasteiger partial charge is 0.345 e. The second-order valence-electron chi connectivity index (χ2n) is 8.15. The standard InChI is InChI=1S/C23H33N3O/c1-17-16-22(18(2)26(17)21-8-6-5-7-9-21)23(27)24-20-12-10-19(11-13-20)14-15-25(3)4/h10-13,16,21H,5-9,14-15H2,1-4H3,(H,24,27). The lowest BCUT2D eigenvalue weighted by Crippen LogP contribution is -2.17. The van der Waals surface area contributed by atoms with Crippen LogP contribution in [-0.2, 0) is 6.42 Å². The zero-order chi connectivity index (χ0) is 19.4. The molecule has 1 aliphatic rings. The first-order valence-electron chi connectivity index (χ1n) is 10.2. The first kappa shape index (κ1) is 19.7. The van der Waals surface area contributed by atoms with Gasteiger partial charge in [-0.2, -0.15) is 0 Å². The van der Waals surface area contributed by atoms with E-state index in [4.69, 9.17) is 0 Å². The number of hydrogen-bond acceptors (Lipinski definition) is 2. The van der Waals surface area contributed by atoms with Crippen LogP contribution in [0, 0.1) is 13.8 Å².